The molecule has 2 aromatic rings. The van der Waals surface area contributed by atoms with Gasteiger partial charge in [-0.25, -0.2) is 0 Å². The van der Waals surface area contributed by atoms with E-state index in [0.717, 1.165) is 56.4 Å². The molecule has 0 spiro atoms. The van der Waals surface area contributed by atoms with Gasteiger partial charge in [0, 0.05) is 25.2 Å². The Bertz CT molecular complexity index is 803. The van der Waals surface area contributed by atoms with E-state index in [2.05, 4.69) is 64.2 Å². The van der Waals surface area contributed by atoms with Crippen LogP contribution in [0.4, 0.5) is 0 Å². The molecule has 2 aromatic carbocycles. The largest absolute Gasteiger partial charge is 0.387 e. The van der Waals surface area contributed by atoms with Crippen molar-refractivity contribution in [2.45, 2.75) is 66.4 Å². The van der Waals surface area contributed by atoms with E-state index >= 15 is 0 Å². The number of nitrogens with one attached hydrogen (secondary N) is 1. The van der Waals surface area contributed by atoms with E-state index in [0.29, 0.717) is 18.4 Å². The summed E-state index contributed by atoms with van der Waals surface area (Å²) in [6.45, 7) is 13.8. The summed E-state index contributed by atoms with van der Waals surface area (Å²) < 4.78 is 0. The molecule has 33 heavy (non-hydrogen) atoms. The summed E-state index contributed by atoms with van der Waals surface area (Å²) in [5, 5.41) is 13.8. The van der Waals surface area contributed by atoms with Gasteiger partial charge in [0.15, 0.2) is 0 Å². The predicted octanol–water partition coefficient (Wildman–Crippen LogP) is 5.65. The van der Waals surface area contributed by atoms with Gasteiger partial charge in [0.2, 0.25) is 0 Å². The lowest BCUT2D eigenvalue weighted by atomic mass is 10.0. The van der Waals surface area contributed by atoms with E-state index in [1.807, 2.05) is 29.2 Å². The number of benzene rings is 2. The van der Waals surface area contributed by atoms with Crippen LogP contribution in [-0.4, -0.2) is 42.1 Å². The molecule has 0 saturated heterocycles. The monoisotopic (exact) mass is 452 g/mol. The van der Waals surface area contributed by atoms with E-state index in [4.69, 9.17) is 0 Å². The lowest BCUT2D eigenvalue weighted by Crippen LogP contribution is -2.37. The fraction of sp³-hybridized carbons (Fsp3) is 0.552. The van der Waals surface area contributed by atoms with Crippen LogP contribution < -0.4 is 5.32 Å². The van der Waals surface area contributed by atoms with Gasteiger partial charge in [0.05, 0.1) is 6.10 Å². The van der Waals surface area contributed by atoms with Gasteiger partial charge in [0.25, 0.3) is 5.91 Å². The average Bonchev–Trinajstić information content (AvgIpc) is 2.78. The molecule has 182 valence electrons. The second-order valence-corrected chi connectivity index (χ2v) is 10.0. The van der Waals surface area contributed by atoms with Crippen LogP contribution in [-0.2, 0) is 12.8 Å². The van der Waals surface area contributed by atoms with Crippen LogP contribution in [0.3, 0.4) is 0 Å². The van der Waals surface area contributed by atoms with Crippen molar-refractivity contribution < 1.29 is 9.90 Å². The Morgan fingerprint density at radius 2 is 1.42 bits per heavy atom. The molecule has 0 radical (unpaired) electrons. The molecule has 0 aromatic heterocycles. The summed E-state index contributed by atoms with van der Waals surface area (Å²) in [5.74, 6) is 1.04. The number of hydrogen-bond acceptors (Lipinski definition) is 3. The van der Waals surface area contributed by atoms with Crippen molar-refractivity contribution in [3.8, 4) is 0 Å². The molecular formula is C29H44N2O2. The van der Waals surface area contributed by atoms with E-state index in [-0.39, 0.29) is 5.91 Å². The third kappa shape index (κ3) is 9.69. The topological polar surface area (TPSA) is 52.6 Å². The number of nitrogens with zero attached hydrogens (tertiary/aromatic N) is 1. The number of hydrogen-bond donors (Lipinski definition) is 2. The summed E-state index contributed by atoms with van der Waals surface area (Å²) in [6.07, 6.45) is 3.67. The van der Waals surface area contributed by atoms with Gasteiger partial charge in [0.1, 0.15) is 0 Å². The molecule has 1 atom stereocenters. The van der Waals surface area contributed by atoms with E-state index < -0.39 is 6.10 Å². The molecule has 0 aliphatic rings. The van der Waals surface area contributed by atoms with Crippen LogP contribution in [0.15, 0.2) is 48.5 Å². The Morgan fingerprint density at radius 3 is 1.97 bits per heavy atom. The molecule has 4 nitrogen and oxygen atoms in total. The van der Waals surface area contributed by atoms with Crippen LogP contribution in [0, 0.1) is 11.8 Å². The van der Waals surface area contributed by atoms with Gasteiger partial charge < -0.3 is 15.3 Å². The minimum atomic E-state index is -0.481. The minimum absolute atomic E-state index is 0.127. The molecule has 2 N–H and O–H groups in total. The number of amides is 1. The van der Waals surface area contributed by atoms with Gasteiger partial charge in [-0.3, -0.25) is 4.79 Å². The highest BCUT2D eigenvalue weighted by atomic mass is 16.3. The zero-order chi connectivity index (χ0) is 24.2. The number of aryl methyl sites for hydroxylation is 2. The number of carbonyl (C=O) groups excluding carboxylic acids is 1. The van der Waals surface area contributed by atoms with Crippen molar-refractivity contribution in [2.24, 2.45) is 11.8 Å². The number of carbonyl (C=O) groups is 1. The molecule has 4 heteroatoms. The maximum Gasteiger partial charge on any atom is 0.253 e. The van der Waals surface area contributed by atoms with E-state index in [1.54, 1.807) is 0 Å². The first kappa shape index (κ1) is 27.1. The zero-order valence-electron chi connectivity index (χ0n) is 21.3. The summed E-state index contributed by atoms with van der Waals surface area (Å²) in [4.78, 5) is 14.9. The van der Waals surface area contributed by atoms with Crippen molar-refractivity contribution in [1.29, 1.82) is 0 Å². The van der Waals surface area contributed by atoms with Gasteiger partial charge in [-0.2, -0.15) is 0 Å². The highest BCUT2D eigenvalue weighted by Crippen LogP contribution is 2.15. The second kappa shape index (κ2) is 14.2. The summed E-state index contributed by atoms with van der Waals surface area (Å²) >= 11 is 0. The lowest BCUT2D eigenvalue weighted by molar-refractivity contribution is 0.0715. The molecular weight excluding hydrogens is 408 g/mol. The quantitative estimate of drug-likeness (QED) is 0.364. The highest BCUT2D eigenvalue weighted by molar-refractivity contribution is 5.94. The first-order valence-electron chi connectivity index (χ1n) is 12.7. The molecule has 0 aliphatic carbocycles. The van der Waals surface area contributed by atoms with Crippen molar-refractivity contribution >= 4 is 5.91 Å². The number of rotatable bonds is 14. The van der Waals surface area contributed by atoms with Crippen LogP contribution in [0.2, 0.25) is 0 Å². The molecule has 2 rings (SSSR count). The van der Waals surface area contributed by atoms with E-state index in [9.17, 15) is 9.90 Å². The fourth-order valence-electron chi connectivity index (χ4n) is 4.09. The maximum absolute atomic E-state index is 13.0. The van der Waals surface area contributed by atoms with Gasteiger partial charge >= 0.3 is 0 Å². The first-order valence-corrected chi connectivity index (χ1v) is 12.7. The molecule has 1 amide bonds. The van der Waals surface area contributed by atoms with Crippen LogP contribution in [0.1, 0.15) is 80.6 Å². The number of aliphatic hydroxyl groups is 1. The first-order chi connectivity index (χ1) is 15.8. The Labute approximate surface area is 201 Å². The Hall–Kier alpha value is -2.17. The SMILES string of the molecule is CCCc1ccc(C(O)CNCCCc2ccc(C(=O)N(CC(C)C)CC(C)C)cc2)cc1. The molecule has 0 heterocycles. The normalized spacial score (nSPS) is 12.4. The smallest absolute Gasteiger partial charge is 0.253 e. The summed E-state index contributed by atoms with van der Waals surface area (Å²) in [7, 11) is 0. The average molecular weight is 453 g/mol. The van der Waals surface area contributed by atoms with Crippen molar-refractivity contribution in [1.82, 2.24) is 10.2 Å². The van der Waals surface area contributed by atoms with Crippen LogP contribution >= 0.6 is 0 Å². The van der Waals surface area contributed by atoms with E-state index in [1.165, 1.54) is 11.1 Å². The van der Waals surface area contributed by atoms with Crippen molar-refractivity contribution in [2.75, 3.05) is 26.2 Å². The van der Waals surface area contributed by atoms with Crippen molar-refractivity contribution in [3.05, 3.63) is 70.8 Å². The van der Waals surface area contributed by atoms with Gasteiger partial charge in [-0.15, -0.1) is 0 Å². The lowest BCUT2D eigenvalue weighted by Gasteiger charge is -2.26. The van der Waals surface area contributed by atoms with Crippen molar-refractivity contribution in [3.63, 3.8) is 0 Å². The molecule has 0 bridgehead atoms. The Balaban J connectivity index is 1.75. The minimum Gasteiger partial charge on any atom is -0.387 e. The molecule has 0 aliphatic heterocycles. The number of aliphatic hydroxyl groups excluding tert-OH is 1. The standard InChI is InChI=1S/C29H44N2O2/c1-6-8-24-10-14-26(15-11-24)28(32)19-30-18-7-9-25-12-16-27(17-13-25)29(33)31(20-22(2)3)21-23(4)5/h10-17,22-23,28,30,32H,6-9,18-21H2,1-5H3. The van der Waals surface area contributed by atoms with Crippen LogP contribution in [0.5, 0.6) is 0 Å². The maximum atomic E-state index is 13.0. The highest BCUT2D eigenvalue weighted by Gasteiger charge is 2.18. The second-order valence-electron chi connectivity index (χ2n) is 10.0. The predicted molar refractivity (Wildman–Crippen MR) is 139 cm³/mol. The summed E-state index contributed by atoms with van der Waals surface area (Å²) in [5.41, 5.74) is 4.29. The van der Waals surface area contributed by atoms with Gasteiger partial charge in [-0.05, 0) is 66.5 Å². The zero-order valence-corrected chi connectivity index (χ0v) is 21.3. The third-order valence-corrected chi connectivity index (χ3v) is 5.72. The van der Waals surface area contributed by atoms with Gasteiger partial charge in [-0.1, -0.05) is 77.4 Å². The fourth-order valence-corrected chi connectivity index (χ4v) is 4.09. The molecule has 0 fully saturated rings. The third-order valence-electron chi connectivity index (χ3n) is 5.72. The molecule has 1 unspecified atom stereocenters. The summed E-state index contributed by atoms with van der Waals surface area (Å²) in [6, 6.07) is 16.4. The Kier molecular flexibility index (Phi) is 11.6. The van der Waals surface area contributed by atoms with Crippen LogP contribution in [0.25, 0.3) is 0 Å². The Morgan fingerprint density at radius 1 is 0.879 bits per heavy atom. The molecule has 0 saturated carbocycles.